The molecular weight excluding hydrogens is 323 g/mol. The fraction of sp³-hybridized carbons (Fsp3) is 0.250. The number of hydrogen-bond acceptors (Lipinski definition) is 3. The van der Waals surface area contributed by atoms with Gasteiger partial charge >= 0.3 is 0 Å². The molecule has 0 saturated carbocycles. The first kappa shape index (κ1) is 13.5. The Hall–Kier alpha value is -1.16. The molecule has 0 spiro atoms. The molecule has 1 aliphatic carbocycles. The molecule has 3 aromatic rings. The van der Waals surface area contributed by atoms with E-state index in [1.807, 2.05) is 0 Å². The van der Waals surface area contributed by atoms with Crippen LogP contribution >= 0.6 is 34.5 Å². The Morgan fingerprint density at radius 1 is 1.00 bits per heavy atom. The average molecular weight is 335 g/mol. The SMILES string of the molecule is Clc1nc(Cl)c2c(-c3ccc4c(c3)CCCC4)csc2n1. The largest absolute Gasteiger partial charge is 0.225 e. The summed E-state index contributed by atoms with van der Waals surface area (Å²) in [4.78, 5) is 9.17. The Morgan fingerprint density at radius 2 is 1.81 bits per heavy atom. The summed E-state index contributed by atoms with van der Waals surface area (Å²) in [6.07, 6.45) is 4.94. The van der Waals surface area contributed by atoms with Crippen molar-refractivity contribution < 1.29 is 0 Å². The summed E-state index contributed by atoms with van der Waals surface area (Å²) < 4.78 is 0. The van der Waals surface area contributed by atoms with Crippen LogP contribution in [0.3, 0.4) is 0 Å². The molecule has 4 rings (SSSR count). The van der Waals surface area contributed by atoms with Gasteiger partial charge in [-0.05, 0) is 54.0 Å². The molecule has 106 valence electrons. The minimum Gasteiger partial charge on any atom is -0.207 e. The van der Waals surface area contributed by atoms with Crippen molar-refractivity contribution in [1.29, 1.82) is 0 Å². The van der Waals surface area contributed by atoms with Gasteiger partial charge in [-0.3, -0.25) is 0 Å². The van der Waals surface area contributed by atoms with E-state index in [4.69, 9.17) is 23.2 Å². The topological polar surface area (TPSA) is 25.8 Å². The number of hydrogen-bond donors (Lipinski definition) is 0. The zero-order chi connectivity index (χ0) is 14.4. The molecule has 0 N–H and O–H groups in total. The standard InChI is InChI=1S/C16H12Cl2N2S/c17-14-13-12(8-21-15(13)20-16(18)19-14)11-6-5-9-3-1-2-4-10(9)7-11/h5-8H,1-4H2. The third-order valence-corrected chi connectivity index (χ3v) is 5.34. The monoisotopic (exact) mass is 334 g/mol. The van der Waals surface area contributed by atoms with Gasteiger partial charge in [-0.15, -0.1) is 11.3 Å². The minimum absolute atomic E-state index is 0.200. The quantitative estimate of drug-likeness (QED) is 0.431. The van der Waals surface area contributed by atoms with Crippen molar-refractivity contribution in [2.24, 2.45) is 0 Å². The molecule has 0 amide bonds. The highest BCUT2D eigenvalue weighted by Gasteiger charge is 2.16. The molecule has 0 unspecified atom stereocenters. The van der Waals surface area contributed by atoms with E-state index >= 15 is 0 Å². The highest BCUT2D eigenvalue weighted by Crippen LogP contribution is 2.38. The highest BCUT2D eigenvalue weighted by molar-refractivity contribution is 7.17. The summed E-state index contributed by atoms with van der Waals surface area (Å²) in [5.41, 5.74) is 5.23. The number of rotatable bonds is 1. The van der Waals surface area contributed by atoms with Crippen molar-refractivity contribution in [3.05, 3.63) is 45.1 Å². The first-order valence-electron chi connectivity index (χ1n) is 6.95. The van der Waals surface area contributed by atoms with Crippen LogP contribution in [0, 0.1) is 0 Å². The average Bonchev–Trinajstić information content (AvgIpc) is 2.90. The molecule has 1 aliphatic rings. The summed E-state index contributed by atoms with van der Waals surface area (Å²) in [6.45, 7) is 0. The van der Waals surface area contributed by atoms with E-state index in [2.05, 4.69) is 33.5 Å². The molecule has 0 atom stereocenters. The smallest absolute Gasteiger partial charge is 0.207 e. The molecule has 0 aliphatic heterocycles. The third kappa shape index (κ3) is 2.33. The maximum atomic E-state index is 6.27. The molecular formula is C16H12Cl2N2S. The Kier molecular flexibility index (Phi) is 3.37. The van der Waals surface area contributed by atoms with Gasteiger partial charge < -0.3 is 0 Å². The molecule has 0 saturated heterocycles. The van der Waals surface area contributed by atoms with Crippen molar-refractivity contribution in [1.82, 2.24) is 9.97 Å². The predicted octanol–water partition coefficient (Wildman–Crippen LogP) is 5.54. The van der Waals surface area contributed by atoms with Gasteiger partial charge in [0, 0.05) is 10.9 Å². The van der Waals surface area contributed by atoms with Crippen LogP contribution in [0.2, 0.25) is 10.4 Å². The number of aryl methyl sites for hydroxylation is 2. The lowest BCUT2D eigenvalue weighted by molar-refractivity contribution is 0.686. The minimum atomic E-state index is 0.200. The molecule has 0 bridgehead atoms. The number of fused-ring (bicyclic) bond motifs is 2. The van der Waals surface area contributed by atoms with E-state index in [-0.39, 0.29) is 5.28 Å². The lowest BCUT2D eigenvalue weighted by Gasteiger charge is -2.16. The molecule has 21 heavy (non-hydrogen) atoms. The second-order valence-corrected chi connectivity index (χ2v) is 6.86. The van der Waals surface area contributed by atoms with Gasteiger partial charge in [0.15, 0.2) is 0 Å². The first-order valence-corrected chi connectivity index (χ1v) is 8.58. The van der Waals surface area contributed by atoms with Crippen LogP contribution in [0.5, 0.6) is 0 Å². The molecule has 2 aromatic heterocycles. The maximum absolute atomic E-state index is 6.27. The molecule has 5 heteroatoms. The number of nitrogens with zero attached hydrogens (tertiary/aromatic N) is 2. The summed E-state index contributed by atoms with van der Waals surface area (Å²) in [5, 5.41) is 3.62. The van der Waals surface area contributed by atoms with Crippen molar-refractivity contribution in [3.8, 4) is 11.1 Å². The van der Waals surface area contributed by atoms with Crippen LogP contribution < -0.4 is 0 Å². The molecule has 2 nitrogen and oxygen atoms in total. The van der Waals surface area contributed by atoms with E-state index in [0.717, 1.165) is 15.8 Å². The lowest BCUT2D eigenvalue weighted by Crippen LogP contribution is -2.02. The molecule has 1 aromatic carbocycles. The van der Waals surface area contributed by atoms with Crippen molar-refractivity contribution in [2.45, 2.75) is 25.7 Å². The van der Waals surface area contributed by atoms with Gasteiger partial charge in [-0.2, -0.15) is 0 Å². The van der Waals surface area contributed by atoms with E-state index in [9.17, 15) is 0 Å². The van der Waals surface area contributed by atoms with Crippen LogP contribution in [0.4, 0.5) is 0 Å². The summed E-state index contributed by atoms with van der Waals surface area (Å²) >= 11 is 13.7. The van der Waals surface area contributed by atoms with Crippen molar-refractivity contribution in [3.63, 3.8) is 0 Å². The Morgan fingerprint density at radius 3 is 2.67 bits per heavy atom. The zero-order valence-electron chi connectivity index (χ0n) is 11.2. The summed E-state index contributed by atoms with van der Waals surface area (Å²) in [7, 11) is 0. The molecule has 2 heterocycles. The van der Waals surface area contributed by atoms with Crippen molar-refractivity contribution >= 4 is 44.8 Å². The van der Waals surface area contributed by atoms with E-state index in [0.29, 0.717) is 5.15 Å². The summed E-state index contributed by atoms with van der Waals surface area (Å²) in [5.74, 6) is 0. The van der Waals surface area contributed by atoms with Gasteiger partial charge in [-0.1, -0.05) is 29.8 Å². The van der Waals surface area contributed by atoms with Gasteiger partial charge in [0.25, 0.3) is 0 Å². The lowest BCUT2D eigenvalue weighted by atomic mass is 9.89. The van der Waals surface area contributed by atoms with Crippen LogP contribution in [0.25, 0.3) is 21.3 Å². The number of benzene rings is 1. The maximum Gasteiger partial charge on any atom is 0.225 e. The van der Waals surface area contributed by atoms with Gasteiger partial charge in [-0.25, -0.2) is 9.97 Å². The third-order valence-electron chi connectivity index (χ3n) is 4.02. The summed E-state index contributed by atoms with van der Waals surface area (Å²) in [6, 6.07) is 6.72. The van der Waals surface area contributed by atoms with Gasteiger partial charge in [0.1, 0.15) is 9.98 Å². The predicted molar refractivity (Wildman–Crippen MR) is 89.5 cm³/mol. The first-order chi connectivity index (χ1) is 10.2. The highest BCUT2D eigenvalue weighted by atomic mass is 35.5. The van der Waals surface area contributed by atoms with Gasteiger partial charge in [0.05, 0.1) is 5.39 Å². The number of thiophene rings is 1. The Balaban J connectivity index is 1.90. The number of aromatic nitrogens is 2. The fourth-order valence-electron chi connectivity index (χ4n) is 2.99. The second-order valence-electron chi connectivity index (χ2n) is 5.30. The van der Waals surface area contributed by atoms with Crippen LogP contribution in [-0.2, 0) is 12.8 Å². The molecule has 0 fully saturated rings. The van der Waals surface area contributed by atoms with Crippen LogP contribution in [0.1, 0.15) is 24.0 Å². The van der Waals surface area contributed by atoms with Gasteiger partial charge in [0.2, 0.25) is 5.28 Å². The second kappa shape index (κ2) is 5.24. The zero-order valence-corrected chi connectivity index (χ0v) is 13.5. The van der Waals surface area contributed by atoms with Crippen molar-refractivity contribution in [2.75, 3.05) is 0 Å². The van der Waals surface area contributed by atoms with E-state index in [1.165, 1.54) is 42.4 Å². The Bertz CT molecular complexity index is 842. The molecule has 0 radical (unpaired) electrons. The van der Waals surface area contributed by atoms with E-state index < -0.39 is 0 Å². The number of halogens is 2. The van der Waals surface area contributed by atoms with E-state index in [1.54, 1.807) is 11.3 Å². The fourth-order valence-corrected chi connectivity index (χ4v) is 4.53. The van der Waals surface area contributed by atoms with Crippen LogP contribution in [-0.4, -0.2) is 9.97 Å². The normalized spacial score (nSPS) is 14.4. The Labute approximate surface area is 136 Å². The van der Waals surface area contributed by atoms with Crippen LogP contribution in [0.15, 0.2) is 23.6 Å².